The van der Waals surface area contributed by atoms with E-state index < -0.39 is 6.95 Å². The number of hydrogen-bond acceptors (Lipinski definition) is 3. The van der Waals surface area contributed by atoms with E-state index in [-0.39, 0.29) is 23.9 Å². The van der Waals surface area contributed by atoms with Crippen molar-refractivity contribution in [2.75, 3.05) is 0 Å². The first-order valence-corrected chi connectivity index (χ1v) is 3.16. The van der Waals surface area contributed by atoms with Gasteiger partial charge in [0.25, 0.3) is 0 Å². The van der Waals surface area contributed by atoms with Crippen LogP contribution in [0.4, 0.5) is 0 Å². The van der Waals surface area contributed by atoms with Gasteiger partial charge in [0.05, 0.1) is 0 Å². The molecule has 0 saturated carbocycles. The van der Waals surface area contributed by atoms with E-state index in [1.807, 2.05) is 0 Å². The molecule has 0 N–H and O–H groups in total. The Hall–Kier alpha value is 1.24. The average Bonchev–Trinajstić information content (AvgIpc) is 0.722. The van der Waals surface area contributed by atoms with Crippen LogP contribution >= 0.6 is 18.2 Å². The molecule has 0 amide bonds. The largest absolute Gasteiger partial charge is 2.00 e. The van der Waals surface area contributed by atoms with E-state index in [0.29, 0.717) is 0 Å². The summed E-state index contributed by atoms with van der Waals surface area (Å²) in [7, 11) is 0. The summed E-state index contributed by atoms with van der Waals surface area (Å²) in [6.07, 6.45) is 0. The minimum absolute atomic E-state index is 0. The van der Waals surface area contributed by atoms with E-state index in [0.717, 1.165) is 0 Å². The van der Waals surface area contributed by atoms with Gasteiger partial charge in [0, 0.05) is 6.95 Å². The molecule has 0 aromatic rings. The summed E-state index contributed by atoms with van der Waals surface area (Å²) in [6.45, 7) is -4.67. The van der Waals surface area contributed by atoms with Crippen LogP contribution in [-0.4, -0.2) is 23.9 Å². The zero-order valence-corrected chi connectivity index (χ0v) is 7.05. The van der Waals surface area contributed by atoms with Crippen molar-refractivity contribution in [2.45, 2.75) is 0 Å². The smallest absolute Gasteiger partial charge is 0.799 e. The van der Waals surface area contributed by atoms with Gasteiger partial charge in [-0.25, -0.2) is 0 Å². The monoisotopic (exact) mass is 234 g/mol. The molecular weight excluding hydrogens is 233 g/mol. The van der Waals surface area contributed by atoms with Gasteiger partial charge in [-0.2, -0.15) is 0 Å². The molecule has 0 heterocycles. The van der Waals surface area contributed by atoms with Crippen LogP contribution in [0.15, 0.2) is 0 Å². The van der Waals surface area contributed by atoms with Crippen LogP contribution in [0.5, 0.6) is 0 Å². The summed E-state index contributed by atoms with van der Waals surface area (Å²) >= 11 is 3.97. The third kappa shape index (κ3) is 61.3. The molecule has 0 bridgehead atoms. The van der Waals surface area contributed by atoms with Gasteiger partial charge in [0.2, 0.25) is 0 Å². The number of halogens is 1. The summed E-state index contributed by atoms with van der Waals surface area (Å²) in [5, 5.41) is 0. The molecule has 0 aromatic carbocycles. The van der Waals surface area contributed by atoms with Crippen molar-refractivity contribution in [1.82, 2.24) is 0 Å². The Morgan fingerprint density at radius 3 is 1.50 bits per heavy atom. The molecule has 0 fully saturated rings. The quantitative estimate of drug-likeness (QED) is 0.385. The molecule has 0 aliphatic rings. The first-order chi connectivity index (χ1) is 2.00. The van der Waals surface area contributed by atoms with E-state index in [2.05, 4.69) is 11.2 Å². The molecule has 0 saturated heterocycles. The van der Waals surface area contributed by atoms with Gasteiger partial charge in [0.15, 0.2) is 0 Å². The van der Waals surface area contributed by atoms with Crippen LogP contribution in [0.2, 0.25) is 0 Å². The topological polar surface area (TPSA) is 63.2 Å². The molecule has 0 aromatic heterocycles. The molecule has 6 heteroatoms. The summed E-state index contributed by atoms with van der Waals surface area (Å²) in [4.78, 5) is 17.7. The molecule has 2 radical (unpaired) electrons. The van der Waals surface area contributed by atoms with E-state index in [4.69, 9.17) is 14.4 Å². The van der Waals surface area contributed by atoms with Gasteiger partial charge >= 0.3 is 23.9 Å². The number of hydrogen-bond donors (Lipinski definition) is 0. The van der Waals surface area contributed by atoms with Gasteiger partial charge in [-0.1, -0.05) is 11.2 Å². The Bertz CT molecular complexity index is 56.9. The fourth-order valence-corrected chi connectivity index (χ4v) is 0. The Kier molecular flexibility index (Phi) is 5.59. The van der Waals surface area contributed by atoms with Crippen molar-refractivity contribution >= 4 is 42.1 Å². The van der Waals surface area contributed by atoms with E-state index in [1.165, 1.54) is 0 Å². The van der Waals surface area contributed by atoms with E-state index in [9.17, 15) is 0 Å². The predicted molar refractivity (Wildman–Crippen MR) is 19.2 cm³/mol. The Balaban J connectivity index is 0. The Labute approximate surface area is 56.6 Å². The fraction of sp³-hybridized carbons (Fsp3) is 0. The Morgan fingerprint density at radius 2 is 1.50 bits per heavy atom. The normalized spacial score (nSPS) is 9.83. The third-order valence-corrected chi connectivity index (χ3v) is 0. The van der Waals surface area contributed by atoms with Gasteiger partial charge in [0.1, 0.15) is 0 Å². The minimum atomic E-state index is -4.67. The minimum Gasteiger partial charge on any atom is -0.799 e. The fourth-order valence-electron chi connectivity index (χ4n) is 0. The first-order valence-electron chi connectivity index (χ1n) is 0.717. The van der Waals surface area contributed by atoms with Crippen LogP contribution in [0.3, 0.4) is 0 Å². The standard InChI is InChI=1S/ClH2O3P.Sn/c1-5(2,3)4;/h(H2,2,3,4);/q;+2/p-2. The summed E-state index contributed by atoms with van der Waals surface area (Å²) < 4.78 is 8.87. The van der Waals surface area contributed by atoms with Gasteiger partial charge < -0.3 is 14.4 Å². The second-order valence-electron chi connectivity index (χ2n) is 0.431. The van der Waals surface area contributed by atoms with Crippen molar-refractivity contribution < 1.29 is 14.4 Å². The average molecular weight is 233 g/mol. The molecule has 0 aliphatic carbocycles. The second-order valence-corrected chi connectivity index (χ2v) is 2.53. The first kappa shape index (κ1) is 10.3. The van der Waals surface area contributed by atoms with Gasteiger partial charge in [-0.05, 0) is 0 Å². The van der Waals surface area contributed by atoms with Crippen molar-refractivity contribution in [2.24, 2.45) is 0 Å². The van der Waals surface area contributed by atoms with Crippen LogP contribution in [0.1, 0.15) is 0 Å². The predicted octanol–water partition coefficient (Wildman–Crippen LogP) is -1.33. The molecular formula is ClO3PSn. The molecule has 0 unspecified atom stereocenters. The zero-order chi connectivity index (χ0) is 4.50. The van der Waals surface area contributed by atoms with Crippen molar-refractivity contribution in [1.29, 1.82) is 0 Å². The summed E-state index contributed by atoms with van der Waals surface area (Å²) in [5.74, 6) is 0. The molecule has 0 aliphatic heterocycles. The van der Waals surface area contributed by atoms with Crippen molar-refractivity contribution in [3.8, 4) is 0 Å². The summed E-state index contributed by atoms with van der Waals surface area (Å²) in [6, 6.07) is 0. The van der Waals surface area contributed by atoms with Gasteiger partial charge in [-0.15, -0.1) is 0 Å². The second kappa shape index (κ2) is 3.27. The van der Waals surface area contributed by atoms with Crippen LogP contribution < -0.4 is 9.79 Å². The molecule has 0 rings (SSSR count). The van der Waals surface area contributed by atoms with E-state index >= 15 is 0 Å². The van der Waals surface area contributed by atoms with E-state index in [1.54, 1.807) is 0 Å². The third-order valence-electron chi connectivity index (χ3n) is 0. The number of rotatable bonds is 0. The maximum atomic E-state index is 8.87. The maximum absolute atomic E-state index is 8.87. The molecule has 0 spiro atoms. The summed E-state index contributed by atoms with van der Waals surface area (Å²) in [5.41, 5.74) is 0. The zero-order valence-electron chi connectivity index (χ0n) is 2.55. The van der Waals surface area contributed by atoms with Crippen molar-refractivity contribution in [3.63, 3.8) is 0 Å². The molecule has 3 nitrogen and oxygen atoms in total. The molecule has 0 atom stereocenters. The van der Waals surface area contributed by atoms with Gasteiger partial charge in [-0.3, -0.25) is 0 Å². The molecule has 6 heavy (non-hydrogen) atoms. The SMILES string of the molecule is O=P([O-])([O-])Cl.[Sn+2]. The molecule has 34 valence electrons. The Morgan fingerprint density at radius 1 is 1.50 bits per heavy atom. The maximum Gasteiger partial charge on any atom is 2.00 e. The van der Waals surface area contributed by atoms with Crippen LogP contribution in [0, 0.1) is 0 Å². The van der Waals surface area contributed by atoms with Crippen molar-refractivity contribution in [3.05, 3.63) is 0 Å². The van der Waals surface area contributed by atoms with Crippen LogP contribution in [0.25, 0.3) is 0 Å². The van der Waals surface area contributed by atoms with Crippen LogP contribution in [-0.2, 0) is 4.57 Å².